The first-order chi connectivity index (χ1) is 15.1. The number of halogens is 1. The van der Waals surface area contributed by atoms with Crippen LogP contribution >= 0.6 is 22.6 Å². The number of hydrogen-bond acceptors (Lipinski definition) is 5. The second-order valence-corrected chi connectivity index (χ2v) is 8.97. The summed E-state index contributed by atoms with van der Waals surface area (Å²) in [5.41, 5.74) is 3.84. The highest BCUT2D eigenvalue weighted by molar-refractivity contribution is 14.1. The summed E-state index contributed by atoms with van der Waals surface area (Å²) in [6, 6.07) is 10.4. The molecule has 0 spiro atoms. The molecular weight excluding hydrogens is 503 g/mol. The molecule has 3 aromatic heterocycles. The molecule has 3 N–H and O–H groups in total. The Morgan fingerprint density at radius 3 is 2.65 bits per heavy atom. The Hall–Kier alpha value is -2.72. The summed E-state index contributed by atoms with van der Waals surface area (Å²) in [5, 5.41) is 12.5. The average Bonchev–Trinajstić information content (AvgIpc) is 3.23. The number of aromatic nitrogens is 4. The lowest BCUT2D eigenvalue weighted by molar-refractivity contribution is 0.460. The van der Waals surface area contributed by atoms with Crippen molar-refractivity contribution in [2.45, 2.75) is 18.8 Å². The zero-order valence-corrected chi connectivity index (χ0v) is 19.3. The van der Waals surface area contributed by atoms with E-state index in [1.54, 1.807) is 17.1 Å². The van der Waals surface area contributed by atoms with E-state index in [4.69, 9.17) is 4.98 Å². The van der Waals surface area contributed by atoms with Crippen molar-refractivity contribution >= 4 is 44.9 Å². The summed E-state index contributed by atoms with van der Waals surface area (Å²) in [5.74, 6) is 1.15. The lowest BCUT2D eigenvalue weighted by Gasteiger charge is -2.23. The van der Waals surface area contributed by atoms with Crippen LogP contribution in [0.3, 0.4) is 0 Å². The largest absolute Gasteiger partial charge is 0.340 e. The number of H-pyrrole nitrogens is 1. The van der Waals surface area contributed by atoms with Crippen molar-refractivity contribution in [1.82, 2.24) is 25.1 Å². The molecule has 0 unspecified atom stereocenters. The molecule has 5 rings (SSSR count). The topological polar surface area (TPSA) is 87.6 Å². The third-order valence-electron chi connectivity index (χ3n) is 5.83. The summed E-state index contributed by atoms with van der Waals surface area (Å²) in [4.78, 5) is 20.3. The van der Waals surface area contributed by atoms with Gasteiger partial charge in [-0.1, -0.05) is 12.1 Å². The van der Waals surface area contributed by atoms with Gasteiger partial charge in [-0.25, -0.2) is 4.98 Å². The van der Waals surface area contributed by atoms with Gasteiger partial charge in [0.25, 0.3) is 5.56 Å². The summed E-state index contributed by atoms with van der Waals surface area (Å²) >= 11 is 2.26. The van der Waals surface area contributed by atoms with Crippen molar-refractivity contribution in [3.8, 4) is 11.3 Å². The molecule has 7 nitrogen and oxygen atoms in total. The van der Waals surface area contributed by atoms with E-state index in [-0.39, 0.29) is 5.56 Å². The molecule has 0 aliphatic carbocycles. The van der Waals surface area contributed by atoms with E-state index in [1.807, 2.05) is 19.3 Å². The molecule has 0 saturated carbocycles. The molecule has 4 aromatic rings. The number of anilines is 2. The molecular formula is C23H23IN6O. The van der Waals surface area contributed by atoms with E-state index >= 15 is 0 Å². The molecule has 0 bridgehead atoms. The van der Waals surface area contributed by atoms with Gasteiger partial charge in [-0.2, -0.15) is 5.10 Å². The minimum atomic E-state index is -0.158. The lowest BCUT2D eigenvalue weighted by atomic mass is 9.90. The molecule has 0 amide bonds. The number of nitrogens with zero attached hydrogens (tertiary/aromatic N) is 3. The number of aromatic amines is 1. The Balaban J connectivity index is 1.56. The van der Waals surface area contributed by atoms with Crippen LogP contribution in [-0.2, 0) is 7.05 Å². The standard InChI is InChI=1S/C23H23IN6O/c1-30-13-16(12-27-30)21-20(24)18-8-11-26-23(31)19(18)22(29-21)28-17-4-2-14(3-5-17)15-6-9-25-10-7-15/h2-5,8,11-13,15,25H,6-7,9-10H2,1H3,(H,26,31)(H,28,29). The molecule has 0 radical (unpaired) electrons. The zero-order valence-electron chi connectivity index (χ0n) is 17.2. The van der Waals surface area contributed by atoms with Crippen molar-refractivity contribution in [2.75, 3.05) is 18.4 Å². The molecule has 0 atom stereocenters. The Morgan fingerprint density at radius 1 is 1.16 bits per heavy atom. The second kappa shape index (κ2) is 8.43. The highest BCUT2D eigenvalue weighted by Gasteiger charge is 2.18. The van der Waals surface area contributed by atoms with Gasteiger partial charge < -0.3 is 15.6 Å². The molecule has 1 fully saturated rings. The molecule has 1 aromatic carbocycles. The number of hydrogen-bond donors (Lipinski definition) is 3. The van der Waals surface area contributed by atoms with Gasteiger partial charge in [0.15, 0.2) is 0 Å². The molecule has 158 valence electrons. The molecule has 1 aliphatic rings. The van der Waals surface area contributed by atoms with Gasteiger partial charge >= 0.3 is 0 Å². The summed E-state index contributed by atoms with van der Waals surface area (Å²) in [6.07, 6.45) is 7.74. The van der Waals surface area contributed by atoms with Crippen LogP contribution in [0.25, 0.3) is 22.0 Å². The van der Waals surface area contributed by atoms with Crippen LogP contribution in [0.5, 0.6) is 0 Å². The predicted molar refractivity (Wildman–Crippen MR) is 132 cm³/mol. The van der Waals surface area contributed by atoms with Crippen LogP contribution in [-0.4, -0.2) is 32.8 Å². The lowest BCUT2D eigenvalue weighted by Crippen LogP contribution is -2.26. The Bertz CT molecular complexity index is 1290. The maximum absolute atomic E-state index is 12.7. The molecule has 31 heavy (non-hydrogen) atoms. The van der Waals surface area contributed by atoms with Gasteiger partial charge in [-0.15, -0.1) is 0 Å². The monoisotopic (exact) mass is 526 g/mol. The Kier molecular flexibility index (Phi) is 5.49. The summed E-state index contributed by atoms with van der Waals surface area (Å²) in [6.45, 7) is 2.15. The van der Waals surface area contributed by atoms with E-state index in [9.17, 15) is 4.79 Å². The van der Waals surface area contributed by atoms with E-state index in [0.29, 0.717) is 17.1 Å². The highest BCUT2D eigenvalue weighted by atomic mass is 127. The third-order valence-corrected chi connectivity index (χ3v) is 6.92. The van der Waals surface area contributed by atoms with Crippen molar-refractivity contribution in [3.05, 3.63) is 68.4 Å². The molecule has 1 saturated heterocycles. The first-order valence-electron chi connectivity index (χ1n) is 10.4. The van der Waals surface area contributed by atoms with Crippen LogP contribution < -0.4 is 16.2 Å². The summed E-state index contributed by atoms with van der Waals surface area (Å²) in [7, 11) is 1.88. The second-order valence-electron chi connectivity index (χ2n) is 7.89. The molecule has 8 heteroatoms. The van der Waals surface area contributed by atoms with Gasteiger partial charge in [0.1, 0.15) is 5.82 Å². The molecule has 4 heterocycles. The first kappa shape index (κ1) is 20.2. The van der Waals surface area contributed by atoms with Crippen LogP contribution in [0.1, 0.15) is 24.3 Å². The smallest absolute Gasteiger partial charge is 0.259 e. The van der Waals surface area contributed by atoms with Crippen LogP contribution in [0.15, 0.2) is 53.7 Å². The fourth-order valence-electron chi connectivity index (χ4n) is 4.20. The molecule has 1 aliphatic heterocycles. The number of fused-ring (bicyclic) bond motifs is 1. The minimum Gasteiger partial charge on any atom is -0.340 e. The van der Waals surface area contributed by atoms with E-state index in [0.717, 1.165) is 39.0 Å². The van der Waals surface area contributed by atoms with E-state index < -0.39 is 0 Å². The fraction of sp³-hybridized carbons (Fsp3) is 0.261. The number of piperidine rings is 1. The number of nitrogens with one attached hydrogen (secondary N) is 3. The number of pyridine rings is 2. The van der Waals surface area contributed by atoms with Crippen LogP contribution in [0.4, 0.5) is 11.5 Å². The Labute approximate surface area is 193 Å². The fourth-order valence-corrected chi connectivity index (χ4v) is 5.08. The minimum absolute atomic E-state index is 0.158. The van der Waals surface area contributed by atoms with Crippen molar-refractivity contribution < 1.29 is 0 Å². The first-order valence-corrected chi connectivity index (χ1v) is 11.5. The SMILES string of the molecule is Cn1cc(-c2nc(Nc3ccc(C4CCNCC4)cc3)c3c(=O)[nH]ccc3c2I)cn1. The van der Waals surface area contributed by atoms with Gasteiger partial charge in [-0.3, -0.25) is 9.48 Å². The quantitative estimate of drug-likeness (QED) is 0.348. The maximum atomic E-state index is 12.7. The van der Waals surface area contributed by atoms with Gasteiger partial charge in [-0.05, 0) is 78.2 Å². The zero-order chi connectivity index (χ0) is 21.4. The number of benzene rings is 1. The van der Waals surface area contributed by atoms with Gasteiger partial charge in [0.05, 0.1) is 17.3 Å². The van der Waals surface area contributed by atoms with Crippen molar-refractivity contribution in [2.24, 2.45) is 7.05 Å². The van der Waals surface area contributed by atoms with E-state index in [1.165, 1.54) is 18.4 Å². The van der Waals surface area contributed by atoms with Crippen molar-refractivity contribution in [3.63, 3.8) is 0 Å². The van der Waals surface area contributed by atoms with Crippen molar-refractivity contribution in [1.29, 1.82) is 0 Å². The third kappa shape index (κ3) is 3.97. The Morgan fingerprint density at radius 2 is 1.94 bits per heavy atom. The average molecular weight is 526 g/mol. The maximum Gasteiger partial charge on any atom is 0.259 e. The van der Waals surface area contributed by atoms with E-state index in [2.05, 4.69) is 67.6 Å². The summed E-state index contributed by atoms with van der Waals surface area (Å²) < 4.78 is 2.68. The van der Waals surface area contributed by atoms with Gasteiger partial charge in [0, 0.05) is 39.6 Å². The normalized spacial score (nSPS) is 14.8. The van der Waals surface area contributed by atoms with Crippen LogP contribution in [0, 0.1) is 3.57 Å². The highest BCUT2D eigenvalue weighted by Crippen LogP contribution is 2.33. The van der Waals surface area contributed by atoms with Crippen LogP contribution in [0.2, 0.25) is 0 Å². The predicted octanol–water partition coefficient (Wildman–Crippen LogP) is 4.14. The van der Waals surface area contributed by atoms with Gasteiger partial charge in [0.2, 0.25) is 0 Å². The number of aryl methyl sites for hydroxylation is 1. The number of rotatable bonds is 4.